The van der Waals surface area contributed by atoms with E-state index in [0.29, 0.717) is 6.61 Å². The van der Waals surface area contributed by atoms with Crippen LogP contribution in [-0.2, 0) is 14.3 Å². The lowest BCUT2D eigenvalue weighted by Gasteiger charge is -2.33. The minimum atomic E-state index is -0.545. The summed E-state index contributed by atoms with van der Waals surface area (Å²) in [5.41, 5.74) is -0.719. The molecule has 0 radical (unpaired) electrons. The molecule has 0 aromatic rings. The molecule has 1 atom stereocenters. The molecule has 0 saturated heterocycles. The van der Waals surface area contributed by atoms with Gasteiger partial charge in [0.25, 0.3) is 0 Å². The Morgan fingerprint density at radius 1 is 1.31 bits per heavy atom. The third kappa shape index (κ3) is 5.91. The fourth-order valence-corrected chi connectivity index (χ4v) is 0.977. The van der Waals surface area contributed by atoms with Gasteiger partial charge in [0.15, 0.2) is 0 Å². The van der Waals surface area contributed by atoms with Gasteiger partial charge in [-0.25, -0.2) is 4.79 Å². The number of hydrogen-bond acceptors (Lipinski definition) is 3. The number of rotatable bonds is 5. The van der Waals surface area contributed by atoms with Crippen LogP contribution in [0.3, 0.4) is 0 Å². The van der Waals surface area contributed by atoms with Crippen molar-refractivity contribution < 1.29 is 14.3 Å². The van der Waals surface area contributed by atoms with Gasteiger partial charge in [-0.1, -0.05) is 13.5 Å². The molecule has 0 aliphatic heterocycles. The summed E-state index contributed by atoms with van der Waals surface area (Å²) in [6.07, 6.45) is 1.18. The SMILES string of the molecule is C=CC(=O)OC(C)(C)C(C)COC(C)(C)C. The third-order valence-electron chi connectivity index (χ3n) is 2.48. The topological polar surface area (TPSA) is 35.5 Å². The predicted octanol–water partition coefficient (Wildman–Crippen LogP) is 2.95. The fourth-order valence-electron chi connectivity index (χ4n) is 0.977. The summed E-state index contributed by atoms with van der Waals surface area (Å²) in [5, 5.41) is 0. The van der Waals surface area contributed by atoms with Crippen LogP contribution in [0.25, 0.3) is 0 Å². The van der Waals surface area contributed by atoms with Gasteiger partial charge in [-0.15, -0.1) is 0 Å². The van der Waals surface area contributed by atoms with E-state index < -0.39 is 11.6 Å². The number of carbonyl (C=O) groups excluding carboxylic acids is 1. The molecule has 0 rings (SSSR count). The molecule has 0 spiro atoms. The van der Waals surface area contributed by atoms with E-state index in [9.17, 15) is 4.79 Å². The minimum absolute atomic E-state index is 0.121. The number of hydrogen-bond donors (Lipinski definition) is 0. The Kier molecular flexibility index (Phi) is 5.20. The van der Waals surface area contributed by atoms with E-state index in [1.807, 2.05) is 41.5 Å². The van der Waals surface area contributed by atoms with Crippen molar-refractivity contribution in [1.29, 1.82) is 0 Å². The van der Waals surface area contributed by atoms with E-state index in [2.05, 4.69) is 6.58 Å². The van der Waals surface area contributed by atoms with Crippen LogP contribution in [0.4, 0.5) is 0 Å². The number of ether oxygens (including phenoxy) is 2. The summed E-state index contributed by atoms with van der Waals surface area (Å²) < 4.78 is 11.0. The van der Waals surface area contributed by atoms with E-state index in [1.165, 1.54) is 6.08 Å². The summed E-state index contributed by atoms with van der Waals surface area (Å²) in [6, 6.07) is 0. The molecule has 0 aliphatic rings. The lowest BCUT2D eigenvalue weighted by Crippen LogP contribution is -2.38. The lowest BCUT2D eigenvalue weighted by molar-refractivity contribution is -0.159. The van der Waals surface area contributed by atoms with Crippen LogP contribution in [-0.4, -0.2) is 23.8 Å². The number of esters is 1. The van der Waals surface area contributed by atoms with Crippen molar-refractivity contribution in [2.45, 2.75) is 52.7 Å². The lowest BCUT2D eigenvalue weighted by atomic mass is 9.93. The third-order valence-corrected chi connectivity index (χ3v) is 2.48. The van der Waals surface area contributed by atoms with Crippen molar-refractivity contribution in [2.24, 2.45) is 5.92 Å². The molecule has 0 amide bonds. The standard InChI is InChI=1S/C13H24O3/c1-8-11(14)16-13(6,7)10(2)9-15-12(3,4)5/h8,10H,1,9H2,2-7H3. The van der Waals surface area contributed by atoms with Gasteiger partial charge in [-0.3, -0.25) is 0 Å². The van der Waals surface area contributed by atoms with Crippen LogP contribution in [0.15, 0.2) is 12.7 Å². The van der Waals surface area contributed by atoms with Gasteiger partial charge in [0.05, 0.1) is 12.2 Å². The average molecular weight is 228 g/mol. The quantitative estimate of drug-likeness (QED) is 0.536. The first-order chi connectivity index (χ1) is 7.08. The van der Waals surface area contributed by atoms with Crippen molar-refractivity contribution >= 4 is 5.97 Å². The molecule has 0 N–H and O–H groups in total. The molecule has 3 nitrogen and oxygen atoms in total. The summed E-state index contributed by atoms with van der Waals surface area (Å²) in [4.78, 5) is 11.2. The molecule has 0 aromatic heterocycles. The Hall–Kier alpha value is -0.830. The van der Waals surface area contributed by atoms with Gasteiger partial charge in [0.2, 0.25) is 0 Å². The molecule has 0 aliphatic carbocycles. The summed E-state index contributed by atoms with van der Waals surface area (Å²) in [7, 11) is 0. The first-order valence-electron chi connectivity index (χ1n) is 5.58. The monoisotopic (exact) mass is 228 g/mol. The van der Waals surface area contributed by atoms with Crippen molar-refractivity contribution in [3.8, 4) is 0 Å². The smallest absolute Gasteiger partial charge is 0.330 e. The molecule has 94 valence electrons. The molecule has 0 aromatic carbocycles. The Morgan fingerprint density at radius 2 is 1.81 bits per heavy atom. The highest BCUT2D eigenvalue weighted by Crippen LogP contribution is 2.23. The summed E-state index contributed by atoms with van der Waals surface area (Å²) in [6.45, 7) is 15.7. The van der Waals surface area contributed by atoms with Crippen molar-refractivity contribution in [2.75, 3.05) is 6.61 Å². The second-order valence-corrected chi connectivity index (χ2v) is 5.55. The van der Waals surface area contributed by atoms with Crippen molar-refractivity contribution in [3.05, 3.63) is 12.7 Å². The molecule has 16 heavy (non-hydrogen) atoms. The Labute approximate surface area is 98.8 Å². The van der Waals surface area contributed by atoms with E-state index in [-0.39, 0.29) is 11.5 Å². The number of carbonyl (C=O) groups is 1. The first-order valence-corrected chi connectivity index (χ1v) is 5.58. The van der Waals surface area contributed by atoms with Crippen LogP contribution in [0.5, 0.6) is 0 Å². The second kappa shape index (κ2) is 5.48. The van der Waals surface area contributed by atoms with Crippen LogP contribution in [0, 0.1) is 5.92 Å². The van der Waals surface area contributed by atoms with Gasteiger partial charge < -0.3 is 9.47 Å². The van der Waals surface area contributed by atoms with Crippen LogP contribution < -0.4 is 0 Å². The Morgan fingerprint density at radius 3 is 2.19 bits per heavy atom. The Bertz CT molecular complexity index is 248. The largest absolute Gasteiger partial charge is 0.456 e. The molecule has 0 fully saturated rings. The minimum Gasteiger partial charge on any atom is -0.456 e. The zero-order valence-electron chi connectivity index (χ0n) is 11.3. The van der Waals surface area contributed by atoms with Gasteiger partial charge in [0.1, 0.15) is 5.60 Å². The van der Waals surface area contributed by atoms with E-state index in [4.69, 9.17) is 9.47 Å². The summed E-state index contributed by atoms with van der Waals surface area (Å²) >= 11 is 0. The van der Waals surface area contributed by atoms with Gasteiger partial charge in [-0.05, 0) is 34.6 Å². The maximum Gasteiger partial charge on any atom is 0.330 e. The normalized spacial score (nSPS) is 14.4. The Balaban J connectivity index is 4.29. The highest BCUT2D eigenvalue weighted by atomic mass is 16.6. The van der Waals surface area contributed by atoms with Crippen molar-refractivity contribution in [1.82, 2.24) is 0 Å². The predicted molar refractivity (Wildman–Crippen MR) is 65.2 cm³/mol. The highest BCUT2D eigenvalue weighted by Gasteiger charge is 2.30. The zero-order chi connectivity index (χ0) is 13.0. The second-order valence-electron chi connectivity index (χ2n) is 5.55. The van der Waals surface area contributed by atoms with E-state index in [0.717, 1.165) is 0 Å². The van der Waals surface area contributed by atoms with Gasteiger partial charge in [-0.2, -0.15) is 0 Å². The zero-order valence-corrected chi connectivity index (χ0v) is 11.3. The van der Waals surface area contributed by atoms with Gasteiger partial charge in [0, 0.05) is 12.0 Å². The molecule has 3 heteroatoms. The molecular formula is C13H24O3. The first kappa shape index (κ1) is 15.2. The van der Waals surface area contributed by atoms with Crippen LogP contribution in [0.2, 0.25) is 0 Å². The van der Waals surface area contributed by atoms with Crippen molar-refractivity contribution in [3.63, 3.8) is 0 Å². The van der Waals surface area contributed by atoms with E-state index in [1.54, 1.807) is 0 Å². The highest BCUT2D eigenvalue weighted by molar-refractivity contribution is 5.81. The average Bonchev–Trinajstić information content (AvgIpc) is 2.11. The molecule has 1 unspecified atom stereocenters. The molecule has 0 bridgehead atoms. The maximum absolute atomic E-state index is 11.2. The van der Waals surface area contributed by atoms with Crippen LogP contribution in [0.1, 0.15) is 41.5 Å². The molecular weight excluding hydrogens is 204 g/mol. The maximum atomic E-state index is 11.2. The van der Waals surface area contributed by atoms with Crippen LogP contribution >= 0.6 is 0 Å². The van der Waals surface area contributed by atoms with Gasteiger partial charge >= 0.3 is 5.97 Å². The fraction of sp³-hybridized carbons (Fsp3) is 0.769. The summed E-state index contributed by atoms with van der Waals surface area (Å²) in [5.74, 6) is -0.275. The molecule has 0 heterocycles. The van der Waals surface area contributed by atoms with E-state index >= 15 is 0 Å². The molecule has 0 saturated carbocycles.